The van der Waals surface area contributed by atoms with E-state index in [2.05, 4.69) is 32.0 Å². The van der Waals surface area contributed by atoms with Crippen LogP contribution in [0.15, 0.2) is 10.9 Å². The van der Waals surface area contributed by atoms with E-state index in [0.717, 1.165) is 0 Å². The van der Waals surface area contributed by atoms with Crippen LogP contribution >= 0.6 is 15.9 Å². The highest BCUT2D eigenvalue weighted by Crippen LogP contribution is 2.38. The molecule has 3 rings (SSSR count). The van der Waals surface area contributed by atoms with E-state index in [-0.39, 0.29) is 18.8 Å². The van der Waals surface area contributed by atoms with E-state index in [1.165, 1.54) is 6.33 Å². The van der Waals surface area contributed by atoms with E-state index >= 15 is 0 Å². The highest BCUT2D eigenvalue weighted by molar-refractivity contribution is 9.10. The first-order chi connectivity index (χ1) is 10.1. The first-order valence-corrected chi connectivity index (χ1v) is 7.02. The normalized spacial score (nSPS) is 25.3. The summed E-state index contributed by atoms with van der Waals surface area (Å²) in [7, 11) is 0. The minimum Gasteiger partial charge on any atom is -0.394 e. The topological polar surface area (TPSA) is 130 Å². The summed E-state index contributed by atoms with van der Waals surface area (Å²) in [6, 6.07) is 2.06. The van der Waals surface area contributed by atoms with Crippen LogP contribution in [0.5, 0.6) is 0 Å². The Morgan fingerprint density at radius 2 is 2.33 bits per heavy atom. The van der Waals surface area contributed by atoms with Crippen molar-refractivity contribution >= 4 is 32.8 Å². The number of anilines is 1. The second kappa shape index (κ2) is 5.23. The molecule has 0 amide bonds. The summed E-state index contributed by atoms with van der Waals surface area (Å²) in [5.41, 5.74) is 6.59. The summed E-state index contributed by atoms with van der Waals surface area (Å²) >= 11 is 3.35. The van der Waals surface area contributed by atoms with Crippen LogP contribution < -0.4 is 5.73 Å². The third-order valence-electron chi connectivity index (χ3n) is 3.54. The maximum atomic E-state index is 9.87. The van der Waals surface area contributed by atoms with Crippen LogP contribution in [0.2, 0.25) is 0 Å². The number of rotatable bonds is 2. The number of hydrogen-bond acceptors (Lipinski definition) is 7. The van der Waals surface area contributed by atoms with E-state index in [0.29, 0.717) is 21.2 Å². The summed E-state index contributed by atoms with van der Waals surface area (Å²) in [6.07, 6.45) is -0.414. The second-order valence-electron chi connectivity index (χ2n) is 4.72. The fourth-order valence-corrected chi connectivity index (χ4v) is 3.21. The molecule has 1 saturated heterocycles. The van der Waals surface area contributed by atoms with Crippen molar-refractivity contribution in [3.63, 3.8) is 0 Å². The molecule has 4 N–H and O–H groups in total. The maximum absolute atomic E-state index is 9.87. The molecule has 0 aromatic carbocycles. The van der Waals surface area contributed by atoms with Gasteiger partial charge in [0.15, 0.2) is 0 Å². The first kappa shape index (κ1) is 14.2. The monoisotopic (exact) mass is 353 g/mol. The van der Waals surface area contributed by atoms with Gasteiger partial charge in [0.1, 0.15) is 40.8 Å². The molecule has 3 atom stereocenters. The van der Waals surface area contributed by atoms with Crippen LogP contribution in [0.25, 0.3) is 11.0 Å². The van der Waals surface area contributed by atoms with Gasteiger partial charge in [0, 0.05) is 6.42 Å². The fraction of sp³-hybridized carbons (Fsp3) is 0.417. The van der Waals surface area contributed by atoms with Crippen LogP contribution in [0.1, 0.15) is 18.2 Å². The van der Waals surface area contributed by atoms with E-state index in [1.54, 1.807) is 4.57 Å². The minimum atomic E-state index is -0.783. The molecule has 9 heteroatoms. The van der Waals surface area contributed by atoms with E-state index in [1.807, 2.05) is 0 Å². The highest BCUT2D eigenvalue weighted by atomic mass is 79.9. The number of aliphatic hydroxyl groups is 2. The molecule has 2 aromatic rings. The Labute approximate surface area is 127 Å². The Hall–Kier alpha value is -1.73. The zero-order valence-corrected chi connectivity index (χ0v) is 12.4. The molecule has 0 spiro atoms. The highest BCUT2D eigenvalue weighted by Gasteiger charge is 2.37. The Kier molecular flexibility index (Phi) is 3.54. The SMILES string of the molecule is N#Cc1c(Br)n([C@H]2C[C@H](O)[C@@H](CO)O2)c2ncnc(N)c12. The Bertz CT molecular complexity index is 741. The van der Waals surface area contributed by atoms with Crippen molar-refractivity contribution in [3.05, 3.63) is 16.5 Å². The van der Waals surface area contributed by atoms with Gasteiger partial charge in [0.2, 0.25) is 0 Å². The third kappa shape index (κ3) is 2.08. The molecule has 21 heavy (non-hydrogen) atoms. The summed E-state index contributed by atoms with van der Waals surface area (Å²) in [4.78, 5) is 8.05. The Balaban J connectivity index is 2.18. The molecule has 110 valence electrons. The average molecular weight is 354 g/mol. The lowest BCUT2D eigenvalue weighted by molar-refractivity contribution is -0.0437. The molecule has 3 heterocycles. The molecule has 2 aromatic heterocycles. The molecule has 1 aliphatic rings. The molecular formula is C12H12BrN5O3. The fourth-order valence-electron chi connectivity index (χ4n) is 2.53. The van der Waals surface area contributed by atoms with Gasteiger partial charge in [-0.05, 0) is 15.9 Å². The first-order valence-electron chi connectivity index (χ1n) is 6.22. The van der Waals surface area contributed by atoms with Crippen molar-refractivity contribution in [2.45, 2.75) is 24.9 Å². The quantitative estimate of drug-likeness (QED) is 0.706. The van der Waals surface area contributed by atoms with Crippen LogP contribution in [0.4, 0.5) is 5.82 Å². The number of nitrogen functional groups attached to an aromatic ring is 1. The van der Waals surface area contributed by atoms with Crippen molar-refractivity contribution in [1.82, 2.24) is 14.5 Å². The Morgan fingerprint density at radius 1 is 1.57 bits per heavy atom. The van der Waals surface area contributed by atoms with Crippen LogP contribution in [0, 0.1) is 11.3 Å². The van der Waals surface area contributed by atoms with E-state index in [9.17, 15) is 15.5 Å². The summed E-state index contributed by atoms with van der Waals surface area (Å²) < 4.78 is 7.72. The lowest BCUT2D eigenvalue weighted by Crippen LogP contribution is -2.24. The van der Waals surface area contributed by atoms with Gasteiger partial charge in [0.25, 0.3) is 0 Å². The van der Waals surface area contributed by atoms with Gasteiger partial charge >= 0.3 is 0 Å². The molecule has 0 unspecified atom stereocenters. The zero-order valence-electron chi connectivity index (χ0n) is 10.8. The lowest BCUT2D eigenvalue weighted by atomic mass is 10.2. The number of hydrogen-bond donors (Lipinski definition) is 3. The van der Waals surface area contributed by atoms with Gasteiger partial charge in [0.05, 0.1) is 23.7 Å². The number of aromatic nitrogens is 3. The predicted molar refractivity (Wildman–Crippen MR) is 76.0 cm³/mol. The van der Waals surface area contributed by atoms with Gasteiger partial charge in [-0.1, -0.05) is 0 Å². The zero-order chi connectivity index (χ0) is 15.1. The summed E-state index contributed by atoms with van der Waals surface area (Å²) in [5, 5.41) is 28.8. The summed E-state index contributed by atoms with van der Waals surface area (Å²) in [5.74, 6) is 0.202. The van der Waals surface area contributed by atoms with Crippen molar-refractivity contribution < 1.29 is 14.9 Å². The number of nitrogens with two attached hydrogens (primary N) is 1. The molecule has 1 aliphatic heterocycles. The molecule has 0 radical (unpaired) electrons. The van der Waals surface area contributed by atoms with Gasteiger partial charge in [-0.25, -0.2) is 9.97 Å². The average Bonchev–Trinajstić information content (AvgIpc) is 2.96. The summed E-state index contributed by atoms with van der Waals surface area (Å²) in [6.45, 7) is -0.281. The van der Waals surface area contributed by atoms with Crippen LogP contribution in [-0.4, -0.2) is 43.6 Å². The van der Waals surface area contributed by atoms with Crippen molar-refractivity contribution in [3.8, 4) is 6.07 Å². The molecule has 8 nitrogen and oxygen atoms in total. The number of aliphatic hydroxyl groups excluding tert-OH is 2. The predicted octanol–water partition coefficient (Wildman–Crippen LogP) is 0.288. The number of ether oxygens (including phenoxy) is 1. The maximum Gasteiger partial charge on any atom is 0.149 e. The molecular weight excluding hydrogens is 342 g/mol. The number of nitriles is 1. The van der Waals surface area contributed by atoms with Gasteiger partial charge < -0.3 is 20.7 Å². The van der Waals surface area contributed by atoms with Crippen molar-refractivity contribution in [2.24, 2.45) is 0 Å². The third-order valence-corrected chi connectivity index (χ3v) is 4.32. The smallest absolute Gasteiger partial charge is 0.149 e. The molecule has 1 fully saturated rings. The van der Waals surface area contributed by atoms with E-state index < -0.39 is 18.4 Å². The number of fused-ring (bicyclic) bond motifs is 1. The second-order valence-corrected chi connectivity index (χ2v) is 5.47. The van der Waals surface area contributed by atoms with Gasteiger partial charge in [-0.2, -0.15) is 5.26 Å². The van der Waals surface area contributed by atoms with Gasteiger partial charge in [-0.15, -0.1) is 0 Å². The lowest BCUT2D eigenvalue weighted by Gasteiger charge is -2.15. The largest absolute Gasteiger partial charge is 0.394 e. The molecule has 0 aliphatic carbocycles. The van der Waals surface area contributed by atoms with Gasteiger partial charge in [-0.3, -0.25) is 4.57 Å². The van der Waals surface area contributed by atoms with E-state index in [4.69, 9.17) is 10.5 Å². The molecule has 0 saturated carbocycles. The standard InChI is InChI=1S/C12H12BrN5O3/c13-10-5(2-14)9-11(15)16-4-17-12(9)18(10)8-1-6(20)7(3-19)21-8/h4,6-8,19-20H,1,3H2,(H2,15,16,17)/t6-,7+,8+/m0/s1. The van der Waals surface area contributed by atoms with Crippen LogP contribution in [-0.2, 0) is 4.74 Å². The molecule has 0 bridgehead atoms. The van der Waals surface area contributed by atoms with Crippen molar-refractivity contribution in [1.29, 1.82) is 5.26 Å². The number of nitrogens with zero attached hydrogens (tertiary/aromatic N) is 4. The van der Waals surface area contributed by atoms with Crippen molar-refractivity contribution in [2.75, 3.05) is 12.3 Å². The number of halogens is 1. The Morgan fingerprint density at radius 3 is 2.95 bits per heavy atom. The minimum absolute atomic E-state index is 0.202. The van der Waals surface area contributed by atoms with Crippen LogP contribution in [0.3, 0.4) is 0 Å².